The molecule has 1 aromatic rings. The SMILES string of the molecule is C=CC.CCC(C)(C)c1ccc(CCCCCNC)c(C(C)(C)CC)c1. The van der Waals surface area contributed by atoms with Crippen LogP contribution >= 0.6 is 0 Å². The molecule has 26 heavy (non-hydrogen) atoms. The molecule has 0 amide bonds. The van der Waals surface area contributed by atoms with Crippen LogP contribution in [0.25, 0.3) is 0 Å². The van der Waals surface area contributed by atoms with E-state index in [1.54, 1.807) is 17.2 Å². The van der Waals surface area contributed by atoms with Crippen molar-refractivity contribution < 1.29 is 0 Å². The Bertz CT molecular complexity index is 511. The Hall–Kier alpha value is -1.08. The maximum absolute atomic E-state index is 3.36. The van der Waals surface area contributed by atoms with Crippen LogP contribution in [0.4, 0.5) is 0 Å². The van der Waals surface area contributed by atoms with Crippen LogP contribution in [0.2, 0.25) is 0 Å². The van der Waals surface area contributed by atoms with Gasteiger partial charge >= 0.3 is 0 Å². The number of benzene rings is 1. The molecule has 150 valence electrons. The van der Waals surface area contributed by atoms with Crippen molar-refractivity contribution in [2.45, 2.75) is 97.8 Å². The smallest absolute Gasteiger partial charge is 0.00519 e. The van der Waals surface area contributed by atoms with E-state index in [1.165, 1.54) is 44.1 Å². The molecule has 0 aliphatic rings. The van der Waals surface area contributed by atoms with Gasteiger partial charge in [-0.15, -0.1) is 6.58 Å². The maximum atomic E-state index is 3.36. The average Bonchev–Trinajstić information content (AvgIpc) is 2.62. The van der Waals surface area contributed by atoms with Gasteiger partial charge in [-0.1, -0.05) is 72.2 Å². The van der Waals surface area contributed by atoms with Crippen LogP contribution in [0.3, 0.4) is 0 Å². The van der Waals surface area contributed by atoms with E-state index in [9.17, 15) is 0 Å². The second-order valence-electron chi connectivity index (χ2n) is 8.67. The summed E-state index contributed by atoms with van der Waals surface area (Å²) in [6.07, 6.45) is 9.23. The summed E-state index contributed by atoms with van der Waals surface area (Å²) in [6.45, 7) is 20.5. The lowest BCUT2D eigenvalue weighted by Crippen LogP contribution is -2.22. The zero-order valence-corrected chi connectivity index (χ0v) is 19.0. The van der Waals surface area contributed by atoms with Crippen LogP contribution < -0.4 is 5.32 Å². The molecule has 0 saturated heterocycles. The van der Waals surface area contributed by atoms with Gasteiger partial charge in [0.1, 0.15) is 0 Å². The fourth-order valence-electron chi connectivity index (χ4n) is 3.03. The first-order chi connectivity index (χ1) is 12.2. The Kier molecular flexibility index (Phi) is 11.8. The lowest BCUT2D eigenvalue weighted by molar-refractivity contribution is 0.484. The molecule has 0 aromatic heterocycles. The van der Waals surface area contributed by atoms with Crippen molar-refractivity contribution in [3.05, 3.63) is 47.5 Å². The summed E-state index contributed by atoms with van der Waals surface area (Å²) in [7, 11) is 2.04. The minimum absolute atomic E-state index is 0.264. The largest absolute Gasteiger partial charge is 0.320 e. The number of allylic oxidation sites excluding steroid dienone is 1. The summed E-state index contributed by atoms with van der Waals surface area (Å²) in [5, 5.41) is 3.24. The molecule has 0 aliphatic heterocycles. The van der Waals surface area contributed by atoms with E-state index in [1.807, 2.05) is 14.0 Å². The monoisotopic (exact) mass is 359 g/mol. The molecular weight excluding hydrogens is 314 g/mol. The number of nitrogens with one attached hydrogen (secondary N) is 1. The van der Waals surface area contributed by atoms with Crippen LogP contribution in [0, 0.1) is 0 Å². The molecule has 1 heteroatoms. The quantitative estimate of drug-likeness (QED) is 0.344. The van der Waals surface area contributed by atoms with Gasteiger partial charge in [-0.3, -0.25) is 0 Å². The first kappa shape index (κ1) is 24.9. The fourth-order valence-corrected chi connectivity index (χ4v) is 3.03. The third-order valence-corrected chi connectivity index (χ3v) is 5.76. The number of unbranched alkanes of at least 4 members (excludes halogenated alkanes) is 2. The van der Waals surface area contributed by atoms with Crippen molar-refractivity contribution in [1.29, 1.82) is 0 Å². The number of hydrogen-bond acceptors (Lipinski definition) is 1. The van der Waals surface area contributed by atoms with Crippen molar-refractivity contribution in [3.8, 4) is 0 Å². The van der Waals surface area contributed by atoms with E-state index in [4.69, 9.17) is 0 Å². The molecule has 1 nitrogen and oxygen atoms in total. The van der Waals surface area contributed by atoms with Gasteiger partial charge in [-0.25, -0.2) is 0 Å². The summed E-state index contributed by atoms with van der Waals surface area (Å²) >= 11 is 0. The van der Waals surface area contributed by atoms with Gasteiger partial charge in [0.15, 0.2) is 0 Å². The Labute approximate surface area is 164 Å². The predicted molar refractivity (Wildman–Crippen MR) is 120 cm³/mol. The summed E-state index contributed by atoms with van der Waals surface area (Å²) < 4.78 is 0. The lowest BCUT2D eigenvalue weighted by atomic mass is 9.74. The van der Waals surface area contributed by atoms with Gasteiger partial charge in [-0.05, 0) is 80.1 Å². The Balaban J connectivity index is 0.00000194. The van der Waals surface area contributed by atoms with Gasteiger partial charge < -0.3 is 5.32 Å². The standard InChI is InChI=1S/C22H39N.C3H6/c1-8-21(3,4)19-15-14-18(13-11-10-12-16-23-7)20(17-19)22(5,6)9-2;1-3-2/h14-15,17,23H,8-13,16H2,1-7H3;3H,1H2,2H3. The molecule has 0 aliphatic carbocycles. The van der Waals surface area contributed by atoms with Crippen LogP contribution in [0.15, 0.2) is 30.9 Å². The second kappa shape index (κ2) is 12.3. The maximum Gasteiger partial charge on any atom is -0.00519 e. The van der Waals surface area contributed by atoms with Crippen molar-refractivity contribution in [2.75, 3.05) is 13.6 Å². The van der Waals surface area contributed by atoms with E-state index in [0.717, 1.165) is 6.54 Å². The number of aryl methyl sites for hydroxylation is 1. The minimum Gasteiger partial charge on any atom is -0.320 e. The molecule has 0 fully saturated rings. The summed E-state index contributed by atoms with van der Waals surface area (Å²) in [5.41, 5.74) is 5.17. The average molecular weight is 360 g/mol. The van der Waals surface area contributed by atoms with Crippen molar-refractivity contribution in [3.63, 3.8) is 0 Å². The first-order valence-electron chi connectivity index (χ1n) is 10.6. The van der Waals surface area contributed by atoms with Gasteiger partial charge in [-0.2, -0.15) is 0 Å². The highest BCUT2D eigenvalue weighted by Crippen LogP contribution is 2.35. The van der Waals surface area contributed by atoms with E-state index < -0.39 is 0 Å². The van der Waals surface area contributed by atoms with Crippen molar-refractivity contribution in [2.24, 2.45) is 0 Å². The fraction of sp³-hybridized carbons (Fsp3) is 0.680. The molecule has 0 saturated carbocycles. The highest BCUT2D eigenvalue weighted by atomic mass is 14.8. The highest BCUT2D eigenvalue weighted by Gasteiger charge is 2.25. The molecule has 1 aromatic carbocycles. The third-order valence-electron chi connectivity index (χ3n) is 5.76. The lowest BCUT2D eigenvalue weighted by Gasteiger charge is -2.31. The Morgan fingerprint density at radius 3 is 2.04 bits per heavy atom. The van der Waals surface area contributed by atoms with Crippen LogP contribution in [0.5, 0.6) is 0 Å². The molecule has 0 radical (unpaired) electrons. The normalized spacial score (nSPS) is 11.7. The molecule has 0 spiro atoms. The van der Waals surface area contributed by atoms with E-state index in [2.05, 4.69) is 71.6 Å². The van der Waals surface area contributed by atoms with Gasteiger partial charge in [0, 0.05) is 0 Å². The molecular formula is C25H45N. The number of rotatable bonds is 10. The Morgan fingerprint density at radius 1 is 0.962 bits per heavy atom. The third kappa shape index (κ3) is 8.08. The second-order valence-corrected chi connectivity index (χ2v) is 8.67. The summed E-state index contributed by atoms with van der Waals surface area (Å²) in [6, 6.07) is 7.30. The van der Waals surface area contributed by atoms with E-state index >= 15 is 0 Å². The molecule has 0 unspecified atom stereocenters. The van der Waals surface area contributed by atoms with Gasteiger partial charge in [0.25, 0.3) is 0 Å². The van der Waals surface area contributed by atoms with Gasteiger partial charge in [0.2, 0.25) is 0 Å². The topological polar surface area (TPSA) is 12.0 Å². The molecule has 1 rings (SSSR count). The molecule has 1 N–H and O–H groups in total. The van der Waals surface area contributed by atoms with Crippen molar-refractivity contribution in [1.82, 2.24) is 5.32 Å². The van der Waals surface area contributed by atoms with Crippen LogP contribution in [0.1, 0.15) is 97.3 Å². The molecule has 0 bridgehead atoms. The predicted octanol–water partition coefficient (Wildman–Crippen LogP) is 7.19. The van der Waals surface area contributed by atoms with E-state index in [0.29, 0.717) is 0 Å². The Morgan fingerprint density at radius 2 is 1.54 bits per heavy atom. The highest BCUT2D eigenvalue weighted by molar-refractivity contribution is 5.40. The molecule has 0 heterocycles. The van der Waals surface area contributed by atoms with Crippen molar-refractivity contribution >= 4 is 0 Å². The molecule has 0 atom stereocenters. The first-order valence-corrected chi connectivity index (χ1v) is 10.6. The van der Waals surface area contributed by atoms with Gasteiger partial charge in [0.05, 0.1) is 0 Å². The number of hydrogen-bond donors (Lipinski definition) is 1. The zero-order valence-electron chi connectivity index (χ0n) is 19.0. The van der Waals surface area contributed by atoms with Crippen LogP contribution in [-0.4, -0.2) is 13.6 Å². The summed E-state index contributed by atoms with van der Waals surface area (Å²) in [5.74, 6) is 0. The zero-order chi connectivity index (χ0) is 20.2. The van der Waals surface area contributed by atoms with Crippen LogP contribution in [-0.2, 0) is 17.3 Å². The summed E-state index contributed by atoms with van der Waals surface area (Å²) in [4.78, 5) is 0. The minimum atomic E-state index is 0.264. The van der Waals surface area contributed by atoms with E-state index in [-0.39, 0.29) is 10.8 Å².